The van der Waals surface area contributed by atoms with E-state index in [0.29, 0.717) is 30.4 Å². The summed E-state index contributed by atoms with van der Waals surface area (Å²) in [7, 11) is -3.41. The third kappa shape index (κ3) is 4.40. The minimum absolute atomic E-state index is 0.0356. The number of rotatable bonds is 5. The van der Waals surface area contributed by atoms with E-state index in [2.05, 4.69) is 5.32 Å². The van der Waals surface area contributed by atoms with E-state index in [-0.39, 0.29) is 11.9 Å². The van der Waals surface area contributed by atoms with Crippen molar-refractivity contribution >= 4 is 33.0 Å². The number of hydrogen-bond acceptors (Lipinski definition) is 4. The number of thiophene rings is 1. The van der Waals surface area contributed by atoms with Crippen LogP contribution in [0.1, 0.15) is 18.1 Å². The number of nitrogens with zero attached hydrogens (tertiary/aromatic N) is 1. The monoisotopic (exact) mass is 408 g/mol. The molecule has 1 aliphatic rings. The molecule has 1 atom stereocenters. The fraction of sp³-hybridized carbons (Fsp3) is 0.421. The first-order chi connectivity index (χ1) is 12.8. The molecule has 1 aromatic carbocycles. The molecule has 3 rings (SSSR count). The Morgan fingerprint density at radius 1 is 1.22 bits per heavy atom. The third-order valence-electron chi connectivity index (χ3n) is 5.10. The van der Waals surface area contributed by atoms with Crippen LogP contribution in [0.2, 0.25) is 0 Å². The maximum absolute atomic E-state index is 12.7. The summed E-state index contributed by atoms with van der Waals surface area (Å²) in [5, 5.41) is 4.78. The average molecular weight is 409 g/mol. The highest BCUT2D eigenvalue weighted by molar-refractivity contribution is 7.91. The minimum atomic E-state index is -3.41. The van der Waals surface area contributed by atoms with Crippen molar-refractivity contribution in [3.05, 3.63) is 46.8 Å². The molecule has 146 valence electrons. The lowest BCUT2D eigenvalue weighted by atomic mass is 10.1. The lowest BCUT2D eigenvalue weighted by Crippen LogP contribution is -3.19. The number of piperazine rings is 1. The Kier molecular flexibility index (Phi) is 6.00. The van der Waals surface area contributed by atoms with Crippen LogP contribution >= 0.6 is 11.3 Å². The second-order valence-electron chi connectivity index (χ2n) is 7.02. The highest BCUT2D eigenvalue weighted by Crippen LogP contribution is 2.20. The van der Waals surface area contributed by atoms with Crippen LogP contribution in [0.4, 0.5) is 5.69 Å². The van der Waals surface area contributed by atoms with E-state index in [9.17, 15) is 13.2 Å². The van der Waals surface area contributed by atoms with Crippen molar-refractivity contribution in [1.29, 1.82) is 0 Å². The standard InChI is InChI=1S/C19H25N3O3S2/c1-14-6-7-17(15(2)13-14)20-19(23)16(3)21-8-10-22(11-9-21)27(24,25)18-5-4-12-26-18/h4-7,12-13,16H,8-11H2,1-3H3,(H,20,23)/p+1/t16-/m1/s1. The molecule has 0 bridgehead atoms. The Labute approximate surface area is 164 Å². The Morgan fingerprint density at radius 3 is 2.52 bits per heavy atom. The molecule has 1 aromatic heterocycles. The van der Waals surface area contributed by atoms with Gasteiger partial charge in [0.05, 0.1) is 26.2 Å². The van der Waals surface area contributed by atoms with Gasteiger partial charge in [-0.05, 0) is 43.8 Å². The first-order valence-electron chi connectivity index (χ1n) is 9.05. The molecule has 2 N–H and O–H groups in total. The third-order valence-corrected chi connectivity index (χ3v) is 8.37. The van der Waals surface area contributed by atoms with Crippen LogP contribution in [0.3, 0.4) is 0 Å². The molecule has 1 aliphatic heterocycles. The molecule has 0 aliphatic carbocycles. The first kappa shape index (κ1) is 20.0. The molecule has 0 unspecified atom stereocenters. The first-order valence-corrected chi connectivity index (χ1v) is 11.4. The SMILES string of the molecule is Cc1ccc(NC(=O)[C@@H](C)[NH+]2CCN(S(=O)(=O)c3cccs3)CC2)c(C)c1. The van der Waals surface area contributed by atoms with E-state index in [1.54, 1.807) is 17.5 Å². The van der Waals surface area contributed by atoms with Crippen LogP contribution < -0.4 is 10.2 Å². The normalized spacial score (nSPS) is 17.6. The molecule has 6 nitrogen and oxygen atoms in total. The maximum Gasteiger partial charge on any atom is 0.282 e. The number of anilines is 1. The van der Waals surface area contributed by atoms with Crippen LogP contribution in [0.5, 0.6) is 0 Å². The van der Waals surface area contributed by atoms with E-state index < -0.39 is 10.0 Å². The number of benzene rings is 1. The molecule has 0 saturated carbocycles. The molecule has 0 spiro atoms. The lowest BCUT2D eigenvalue weighted by Gasteiger charge is -2.34. The number of sulfonamides is 1. The summed E-state index contributed by atoms with van der Waals surface area (Å²) in [5.41, 5.74) is 3.03. The van der Waals surface area contributed by atoms with Crippen molar-refractivity contribution in [3.8, 4) is 0 Å². The molecule has 0 radical (unpaired) electrons. The van der Waals surface area contributed by atoms with Gasteiger partial charge >= 0.3 is 0 Å². The molecular formula is C19H26N3O3S2+. The summed E-state index contributed by atoms with van der Waals surface area (Å²) in [5.74, 6) is -0.0356. The van der Waals surface area contributed by atoms with Gasteiger partial charge in [0.1, 0.15) is 4.21 Å². The number of aryl methyl sites for hydroxylation is 2. The summed E-state index contributed by atoms with van der Waals surface area (Å²) >= 11 is 1.24. The van der Waals surface area contributed by atoms with E-state index in [4.69, 9.17) is 0 Å². The van der Waals surface area contributed by atoms with Crippen LogP contribution in [0.25, 0.3) is 0 Å². The Hall–Kier alpha value is -1.74. The zero-order chi connectivity index (χ0) is 19.6. The number of amides is 1. The van der Waals surface area contributed by atoms with Gasteiger partial charge in [0, 0.05) is 5.69 Å². The second-order valence-corrected chi connectivity index (χ2v) is 10.1. The van der Waals surface area contributed by atoms with Gasteiger partial charge in [-0.15, -0.1) is 11.3 Å². The second kappa shape index (κ2) is 8.10. The Morgan fingerprint density at radius 2 is 1.93 bits per heavy atom. The number of nitrogens with one attached hydrogen (secondary N) is 2. The topological polar surface area (TPSA) is 70.9 Å². The molecule has 8 heteroatoms. The fourth-order valence-corrected chi connectivity index (χ4v) is 5.95. The predicted octanol–water partition coefficient (Wildman–Crippen LogP) is 1.28. The predicted molar refractivity (Wildman–Crippen MR) is 108 cm³/mol. The minimum Gasteiger partial charge on any atom is -0.323 e. The van der Waals surface area contributed by atoms with E-state index in [1.165, 1.54) is 15.6 Å². The van der Waals surface area contributed by atoms with Crippen molar-refractivity contribution in [2.45, 2.75) is 31.0 Å². The van der Waals surface area contributed by atoms with Gasteiger partial charge in [0.2, 0.25) is 0 Å². The number of quaternary nitrogens is 1. The Bertz CT molecular complexity index is 902. The number of carbonyl (C=O) groups excluding carboxylic acids is 1. The van der Waals surface area contributed by atoms with Gasteiger partial charge in [-0.2, -0.15) is 4.31 Å². The summed E-state index contributed by atoms with van der Waals surface area (Å²) in [6.45, 7) is 7.99. The van der Waals surface area contributed by atoms with Gasteiger partial charge in [-0.25, -0.2) is 8.42 Å². The lowest BCUT2D eigenvalue weighted by molar-refractivity contribution is -0.917. The van der Waals surface area contributed by atoms with Crippen molar-refractivity contribution in [3.63, 3.8) is 0 Å². The maximum atomic E-state index is 12.7. The van der Waals surface area contributed by atoms with Crippen molar-refractivity contribution in [2.75, 3.05) is 31.5 Å². The summed E-state index contributed by atoms with van der Waals surface area (Å²) in [4.78, 5) is 13.8. The quantitative estimate of drug-likeness (QED) is 0.783. The van der Waals surface area contributed by atoms with Crippen LogP contribution in [0.15, 0.2) is 39.9 Å². The van der Waals surface area contributed by atoms with Crippen molar-refractivity contribution in [1.82, 2.24) is 4.31 Å². The fourth-order valence-electron chi connectivity index (χ4n) is 3.36. The van der Waals surface area contributed by atoms with Crippen LogP contribution in [0, 0.1) is 13.8 Å². The highest BCUT2D eigenvalue weighted by atomic mass is 32.2. The molecule has 1 fully saturated rings. The molecular weight excluding hydrogens is 382 g/mol. The van der Waals surface area contributed by atoms with Gasteiger partial charge < -0.3 is 10.2 Å². The number of carbonyl (C=O) groups is 1. The summed E-state index contributed by atoms with van der Waals surface area (Å²) in [6, 6.07) is 9.10. The summed E-state index contributed by atoms with van der Waals surface area (Å²) in [6.07, 6.45) is 0. The number of hydrogen-bond donors (Lipinski definition) is 2. The van der Waals surface area contributed by atoms with Crippen molar-refractivity contribution in [2.24, 2.45) is 0 Å². The van der Waals surface area contributed by atoms with E-state index in [1.807, 2.05) is 39.0 Å². The van der Waals surface area contributed by atoms with Gasteiger partial charge in [0.15, 0.2) is 6.04 Å². The van der Waals surface area contributed by atoms with Gasteiger partial charge in [-0.3, -0.25) is 4.79 Å². The average Bonchev–Trinajstić information content (AvgIpc) is 3.19. The zero-order valence-electron chi connectivity index (χ0n) is 15.9. The Balaban J connectivity index is 1.59. The summed E-state index contributed by atoms with van der Waals surface area (Å²) < 4.78 is 27.1. The molecule has 27 heavy (non-hydrogen) atoms. The van der Waals surface area contributed by atoms with Crippen LogP contribution in [-0.4, -0.2) is 50.9 Å². The zero-order valence-corrected chi connectivity index (χ0v) is 17.5. The largest absolute Gasteiger partial charge is 0.323 e. The molecule has 1 amide bonds. The molecule has 2 aromatic rings. The van der Waals surface area contributed by atoms with E-state index in [0.717, 1.165) is 21.7 Å². The highest BCUT2D eigenvalue weighted by Gasteiger charge is 2.34. The van der Waals surface area contributed by atoms with Crippen LogP contribution in [-0.2, 0) is 14.8 Å². The molecule has 2 heterocycles. The van der Waals surface area contributed by atoms with Gasteiger partial charge in [-0.1, -0.05) is 23.8 Å². The van der Waals surface area contributed by atoms with E-state index >= 15 is 0 Å². The van der Waals surface area contributed by atoms with Gasteiger partial charge in [0.25, 0.3) is 15.9 Å². The smallest absolute Gasteiger partial charge is 0.282 e. The van der Waals surface area contributed by atoms with Crippen molar-refractivity contribution < 1.29 is 18.1 Å². The molecule has 1 saturated heterocycles.